The minimum atomic E-state index is 0.0605. The average Bonchev–Trinajstić information content (AvgIpc) is 2.90. The van der Waals surface area contributed by atoms with Crippen molar-refractivity contribution in [1.29, 1.82) is 0 Å². The molecule has 0 unspecified atom stereocenters. The van der Waals surface area contributed by atoms with Crippen molar-refractivity contribution in [3.8, 4) is 23.0 Å². The van der Waals surface area contributed by atoms with Gasteiger partial charge < -0.3 is 24.3 Å². The van der Waals surface area contributed by atoms with Crippen molar-refractivity contribution in [2.45, 2.75) is 12.8 Å². The molecular formula is C27H24ClN3O5. The van der Waals surface area contributed by atoms with Crippen LogP contribution in [0.15, 0.2) is 54.9 Å². The molecule has 0 saturated carbocycles. The van der Waals surface area contributed by atoms with Gasteiger partial charge in [0, 0.05) is 29.6 Å². The molecule has 1 aliphatic rings. The van der Waals surface area contributed by atoms with Crippen LogP contribution < -0.4 is 24.3 Å². The number of methoxy groups -OCH3 is 2. The summed E-state index contributed by atoms with van der Waals surface area (Å²) in [4.78, 5) is 21.5. The summed E-state index contributed by atoms with van der Waals surface area (Å²) in [6.45, 7) is 0.840. The van der Waals surface area contributed by atoms with Gasteiger partial charge in [-0.1, -0.05) is 29.8 Å². The molecule has 0 spiro atoms. The molecule has 1 aliphatic heterocycles. The number of carbonyl (C=O) groups is 1. The van der Waals surface area contributed by atoms with Crippen LogP contribution in [0.1, 0.15) is 11.1 Å². The quantitative estimate of drug-likeness (QED) is 0.350. The SMILES string of the molecule is COc1cccc(CC(=O)Cc2ccc(Nc3ncnc4cc(OC)c5c(c34)OCCO5)cc2Cl)c1. The van der Waals surface area contributed by atoms with Crippen LogP contribution in [0.25, 0.3) is 10.9 Å². The van der Waals surface area contributed by atoms with Crippen molar-refractivity contribution < 1.29 is 23.7 Å². The van der Waals surface area contributed by atoms with Crippen molar-refractivity contribution >= 4 is 39.8 Å². The van der Waals surface area contributed by atoms with E-state index in [9.17, 15) is 4.79 Å². The third-order valence-corrected chi connectivity index (χ3v) is 6.19. The van der Waals surface area contributed by atoms with Gasteiger partial charge in [0.25, 0.3) is 0 Å². The molecule has 0 aliphatic carbocycles. The van der Waals surface area contributed by atoms with Crippen LogP contribution in [-0.4, -0.2) is 43.2 Å². The maximum atomic E-state index is 12.7. The average molecular weight is 506 g/mol. The van der Waals surface area contributed by atoms with E-state index in [1.807, 2.05) is 36.4 Å². The molecule has 3 aromatic carbocycles. The summed E-state index contributed by atoms with van der Waals surface area (Å²) >= 11 is 6.56. The molecule has 1 aromatic heterocycles. The molecule has 0 fully saturated rings. The second kappa shape index (κ2) is 10.3. The minimum Gasteiger partial charge on any atom is -0.497 e. The van der Waals surface area contributed by atoms with Crippen LogP contribution in [0.3, 0.4) is 0 Å². The highest BCUT2D eigenvalue weighted by Gasteiger charge is 2.24. The number of anilines is 2. The maximum absolute atomic E-state index is 12.7. The van der Waals surface area contributed by atoms with Gasteiger partial charge in [-0.2, -0.15) is 0 Å². The molecule has 0 atom stereocenters. The number of benzene rings is 3. The highest BCUT2D eigenvalue weighted by atomic mass is 35.5. The van der Waals surface area contributed by atoms with Gasteiger partial charge in [-0.15, -0.1) is 0 Å². The lowest BCUT2D eigenvalue weighted by Crippen LogP contribution is -2.16. The highest BCUT2D eigenvalue weighted by Crippen LogP contribution is 2.46. The maximum Gasteiger partial charge on any atom is 0.204 e. The number of ether oxygens (including phenoxy) is 4. The normalized spacial score (nSPS) is 12.3. The molecule has 0 bridgehead atoms. The summed E-state index contributed by atoms with van der Waals surface area (Å²) in [5, 5.41) is 4.47. The number of aromatic nitrogens is 2. The first-order valence-corrected chi connectivity index (χ1v) is 11.7. The number of ketones is 1. The third kappa shape index (κ3) is 4.85. The summed E-state index contributed by atoms with van der Waals surface area (Å²) in [5.74, 6) is 2.94. The molecule has 1 N–H and O–H groups in total. The van der Waals surface area contributed by atoms with Crippen LogP contribution >= 0.6 is 11.6 Å². The molecule has 0 saturated heterocycles. The second-order valence-corrected chi connectivity index (χ2v) is 8.63. The first-order valence-electron chi connectivity index (χ1n) is 11.4. The highest BCUT2D eigenvalue weighted by molar-refractivity contribution is 6.31. The van der Waals surface area contributed by atoms with E-state index < -0.39 is 0 Å². The van der Waals surface area contributed by atoms with Gasteiger partial charge in [0.1, 0.15) is 36.9 Å². The molecule has 4 aromatic rings. The Morgan fingerprint density at radius 3 is 2.61 bits per heavy atom. The number of hydrogen-bond acceptors (Lipinski definition) is 8. The van der Waals surface area contributed by atoms with Gasteiger partial charge >= 0.3 is 0 Å². The number of rotatable bonds is 8. The lowest BCUT2D eigenvalue weighted by Gasteiger charge is -2.23. The number of fused-ring (bicyclic) bond motifs is 3. The fourth-order valence-corrected chi connectivity index (χ4v) is 4.39. The molecule has 36 heavy (non-hydrogen) atoms. The van der Waals surface area contributed by atoms with E-state index in [1.165, 1.54) is 6.33 Å². The Morgan fingerprint density at radius 1 is 1.00 bits per heavy atom. The predicted octanol–water partition coefficient (Wildman–Crippen LogP) is 5.17. The van der Waals surface area contributed by atoms with E-state index in [1.54, 1.807) is 26.4 Å². The lowest BCUT2D eigenvalue weighted by molar-refractivity contribution is -0.117. The largest absolute Gasteiger partial charge is 0.497 e. The van der Waals surface area contributed by atoms with Crippen LogP contribution in [0.5, 0.6) is 23.0 Å². The molecule has 2 heterocycles. The van der Waals surface area contributed by atoms with E-state index in [2.05, 4.69) is 15.3 Å². The van der Waals surface area contributed by atoms with Gasteiger partial charge in [-0.25, -0.2) is 9.97 Å². The number of nitrogens with zero attached hydrogens (tertiary/aromatic N) is 2. The van der Waals surface area contributed by atoms with E-state index in [4.69, 9.17) is 30.5 Å². The van der Waals surface area contributed by atoms with Gasteiger partial charge in [-0.05, 0) is 35.4 Å². The molecule has 9 heteroatoms. The Labute approximate surface area is 213 Å². The summed E-state index contributed by atoms with van der Waals surface area (Å²) in [6.07, 6.45) is 2.00. The number of halogens is 1. The fourth-order valence-electron chi connectivity index (χ4n) is 4.15. The molecular weight excluding hydrogens is 482 g/mol. The second-order valence-electron chi connectivity index (χ2n) is 8.23. The van der Waals surface area contributed by atoms with Gasteiger partial charge in [0.15, 0.2) is 11.5 Å². The number of carbonyl (C=O) groups excluding carboxylic acids is 1. The van der Waals surface area contributed by atoms with E-state index >= 15 is 0 Å². The third-order valence-electron chi connectivity index (χ3n) is 5.84. The van der Waals surface area contributed by atoms with E-state index in [0.29, 0.717) is 64.3 Å². The summed E-state index contributed by atoms with van der Waals surface area (Å²) in [6, 6.07) is 14.8. The summed E-state index contributed by atoms with van der Waals surface area (Å²) in [7, 11) is 3.18. The molecule has 0 amide bonds. The van der Waals surface area contributed by atoms with Crippen molar-refractivity contribution in [2.75, 3.05) is 32.8 Å². The first kappa shape index (κ1) is 23.7. The zero-order chi connectivity index (χ0) is 25.1. The van der Waals surface area contributed by atoms with E-state index in [0.717, 1.165) is 16.9 Å². The van der Waals surface area contributed by atoms with Crippen molar-refractivity contribution in [3.05, 3.63) is 71.0 Å². The Bertz CT molecular complexity index is 1440. The topological polar surface area (TPSA) is 91.8 Å². The van der Waals surface area contributed by atoms with Crippen LogP contribution in [0, 0.1) is 0 Å². The smallest absolute Gasteiger partial charge is 0.204 e. The predicted molar refractivity (Wildman–Crippen MR) is 137 cm³/mol. The van der Waals surface area contributed by atoms with Crippen LogP contribution in [-0.2, 0) is 17.6 Å². The number of hydrogen-bond donors (Lipinski definition) is 1. The van der Waals surface area contributed by atoms with Gasteiger partial charge in [0.05, 0.1) is 25.1 Å². The fraction of sp³-hybridized carbons (Fsp3) is 0.222. The Hall–Kier alpha value is -4.04. The zero-order valence-corrected chi connectivity index (χ0v) is 20.6. The molecule has 0 radical (unpaired) electrons. The Kier molecular flexibility index (Phi) is 6.77. The van der Waals surface area contributed by atoms with Crippen LogP contribution in [0.4, 0.5) is 11.5 Å². The monoisotopic (exact) mass is 505 g/mol. The molecule has 8 nitrogen and oxygen atoms in total. The zero-order valence-electron chi connectivity index (χ0n) is 19.8. The first-order chi connectivity index (χ1) is 17.6. The number of nitrogens with one attached hydrogen (secondary N) is 1. The summed E-state index contributed by atoms with van der Waals surface area (Å²) < 4.78 is 22.4. The van der Waals surface area contributed by atoms with Crippen LogP contribution in [0.2, 0.25) is 5.02 Å². The van der Waals surface area contributed by atoms with Gasteiger partial charge in [-0.3, -0.25) is 4.79 Å². The minimum absolute atomic E-state index is 0.0605. The molecule has 5 rings (SSSR count). The van der Waals surface area contributed by atoms with Crippen molar-refractivity contribution in [1.82, 2.24) is 9.97 Å². The van der Waals surface area contributed by atoms with E-state index in [-0.39, 0.29) is 12.2 Å². The number of Topliss-reactive ketones (excluding diaryl/α,β-unsaturated/α-hetero) is 1. The standard InChI is InChI=1S/C27H24ClN3O5/c1-33-20-5-3-4-16(11-20)10-19(32)12-17-6-7-18(13-21(17)28)31-27-24-22(29-15-30-27)14-23(34-2)25-26(24)36-9-8-35-25/h3-7,11,13-15H,8-10,12H2,1-2H3,(H,29,30,31). The summed E-state index contributed by atoms with van der Waals surface area (Å²) in [5.41, 5.74) is 3.02. The lowest BCUT2D eigenvalue weighted by atomic mass is 10.0. The molecule has 184 valence electrons. The van der Waals surface area contributed by atoms with Gasteiger partial charge in [0.2, 0.25) is 5.75 Å². The van der Waals surface area contributed by atoms with Crippen molar-refractivity contribution in [2.24, 2.45) is 0 Å². The van der Waals surface area contributed by atoms with Crippen molar-refractivity contribution in [3.63, 3.8) is 0 Å². The Morgan fingerprint density at radius 2 is 1.83 bits per heavy atom. The Balaban J connectivity index is 1.37.